The number of halogens is 1. The molecule has 0 aliphatic rings. The molecule has 0 spiro atoms. The van der Waals surface area contributed by atoms with Gasteiger partial charge in [-0.15, -0.1) is 0 Å². The molecule has 0 aliphatic heterocycles. The summed E-state index contributed by atoms with van der Waals surface area (Å²) in [7, 11) is 2.46. The standard InChI is InChI=1S/C27H19BrN4O8/c1-37-22-10-15(9-20(32(35)36)25(22)39-14-24(33)38-2)13-29-31-26(30-19-6-4-3-5-18(19)27(31)34)23-12-16-11-17(28)7-8-21(16)40-23/h3-13H,14H2,1-2H3. The Kier molecular flexibility index (Phi) is 7.29. The molecule has 0 unspecified atom stereocenters. The lowest BCUT2D eigenvalue weighted by atomic mass is 10.2. The van der Waals surface area contributed by atoms with Gasteiger partial charge in [0, 0.05) is 21.5 Å². The van der Waals surface area contributed by atoms with Crippen LogP contribution in [-0.2, 0) is 9.53 Å². The SMILES string of the molecule is COC(=O)COc1c(OC)cc(C=Nn2c(-c3cc4cc(Br)ccc4o3)nc3ccccc3c2=O)cc1[N+](=O)[O-]. The van der Waals surface area contributed by atoms with Crippen molar-refractivity contribution in [2.24, 2.45) is 5.10 Å². The highest BCUT2D eigenvalue weighted by molar-refractivity contribution is 9.10. The summed E-state index contributed by atoms with van der Waals surface area (Å²) < 4.78 is 23.0. The highest BCUT2D eigenvalue weighted by atomic mass is 79.9. The van der Waals surface area contributed by atoms with Gasteiger partial charge in [-0.1, -0.05) is 28.1 Å². The second kappa shape index (κ2) is 11.0. The number of hydrogen-bond donors (Lipinski definition) is 0. The van der Waals surface area contributed by atoms with Crippen molar-refractivity contribution in [2.45, 2.75) is 0 Å². The Balaban J connectivity index is 1.64. The Bertz CT molecular complexity index is 1880. The number of fused-ring (bicyclic) bond motifs is 2. The van der Waals surface area contributed by atoms with Crippen LogP contribution in [0.5, 0.6) is 11.5 Å². The number of para-hydroxylation sites is 1. The lowest BCUT2D eigenvalue weighted by molar-refractivity contribution is -0.385. The molecule has 5 aromatic rings. The minimum Gasteiger partial charge on any atom is -0.493 e. The van der Waals surface area contributed by atoms with Gasteiger partial charge < -0.3 is 18.6 Å². The van der Waals surface area contributed by atoms with E-state index in [0.29, 0.717) is 22.2 Å². The fourth-order valence-corrected chi connectivity index (χ4v) is 4.32. The van der Waals surface area contributed by atoms with E-state index >= 15 is 0 Å². The van der Waals surface area contributed by atoms with Gasteiger partial charge >= 0.3 is 11.7 Å². The Morgan fingerprint density at radius 3 is 2.73 bits per heavy atom. The first-order valence-corrected chi connectivity index (χ1v) is 12.4. The average Bonchev–Trinajstić information content (AvgIpc) is 3.38. The summed E-state index contributed by atoms with van der Waals surface area (Å²) in [5.41, 5.74) is 0.294. The smallest absolute Gasteiger partial charge is 0.343 e. The molecule has 0 aliphatic carbocycles. The number of rotatable bonds is 8. The Morgan fingerprint density at radius 2 is 1.98 bits per heavy atom. The van der Waals surface area contributed by atoms with Gasteiger partial charge in [-0.05, 0) is 42.5 Å². The van der Waals surface area contributed by atoms with E-state index < -0.39 is 28.7 Å². The Morgan fingerprint density at radius 1 is 1.18 bits per heavy atom. The van der Waals surface area contributed by atoms with E-state index in [9.17, 15) is 19.7 Å². The lowest BCUT2D eigenvalue weighted by Gasteiger charge is -2.11. The first kappa shape index (κ1) is 26.6. The fourth-order valence-electron chi connectivity index (χ4n) is 3.94. The molecular weight excluding hydrogens is 588 g/mol. The second-order valence-corrected chi connectivity index (χ2v) is 9.22. The number of methoxy groups -OCH3 is 2. The van der Waals surface area contributed by atoms with Gasteiger partial charge in [0.1, 0.15) is 5.58 Å². The predicted octanol–water partition coefficient (Wildman–Crippen LogP) is 4.92. The van der Waals surface area contributed by atoms with Gasteiger partial charge in [-0.3, -0.25) is 14.9 Å². The molecule has 0 radical (unpaired) electrons. The van der Waals surface area contributed by atoms with Crippen LogP contribution in [0.1, 0.15) is 5.56 Å². The van der Waals surface area contributed by atoms with Crippen molar-refractivity contribution in [3.8, 4) is 23.1 Å². The largest absolute Gasteiger partial charge is 0.493 e. The zero-order chi connectivity index (χ0) is 28.4. The van der Waals surface area contributed by atoms with Gasteiger partial charge in [-0.2, -0.15) is 9.78 Å². The Labute approximate surface area is 233 Å². The van der Waals surface area contributed by atoms with Gasteiger partial charge in [0.15, 0.2) is 18.1 Å². The van der Waals surface area contributed by atoms with Crippen LogP contribution in [-0.4, -0.2) is 47.6 Å². The number of carbonyl (C=O) groups is 1. The first-order valence-electron chi connectivity index (χ1n) is 11.6. The van der Waals surface area contributed by atoms with Crippen LogP contribution in [0.3, 0.4) is 0 Å². The molecular formula is C27H19BrN4O8. The zero-order valence-corrected chi connectivity index (χ0v) is 22.6. The van der Waals surface area contributed by atoms with Crippen molar-refractivity contribution in [1.82, 2.24) is 9.66 Å². The molecule has 2 aromatic heterocycles. The lowest BCUT2D eigenvalue weighted by Crippen LogP contribution is -2.20. The van der Waals surface area contributed by atoms with Gasteiger partial charge in [-0.25, -0.2) is 9.78 Å². The Hall–Kier alpha value is -5.04. The van der Waals surface area contributed by atoms with Crippen molar-refractivity contribution in [3.63, 3.8) is 0 Å². The monoisotopic (exact) mass is 606 g/mol. The summed E-state index contributed by atoms with van der Waals surface area (Å²) in [6, 6.07) is 16.6. The fraction of sp³-hybridized carbons (Fsp3) is 0.111. The topological polar surface area (TPSA) is 148 Å². The molecule has 40 heavy (non-hydrogen) atoms. The molecule has 0 bridgehead atoms. The molecule has 12 nitrogen and oxygen atoms in total. The summed E-state index contributed by atoms with van der Waals surface area (Å²) in [5.74, 6) is -0.578. The number of nitro groups is 1. The second-order valence-electron chi connectivity index (χ2n) is 8.30. The summed E-state index contributed by atoms with van der Waals surface area (Å²) in [4.78, 5) is 40.8. The van der Waals surface area contributed by atoms with Crippen LogP contribution < -0.4 is 15.0 Å². The van der Waals surface area contributed by atoms with Crippen LogP contribution >= 0.6 is 15.9 Å². The minimum absolute atomic E-state index is 0.0216. The van der Waals surface area contributed by atoms with E-state index in [0.717, 1.165) is 14.5 Å². The number of benzene rings is 3. The van der Waals surface area contributed by atoms with E-state index in [1.807, 2.05) is 12.1 Å². The molecule has 0 N–H and O–H groups in total. The molecule has 3 aromatic carbocycles. The maximum absolute atomic E-state index is 13.5. The first-order chi connectivity index (χ1) is 19.3. The molecule has 0 amide bonds. The van der Waals surface area contributed by atoms with Crippen LogP contribution in [0.25, 0.3) is 33.5 Å². The van der Waals surface area contributed by atoms with Crippen molar-refractivity contribution < 1.29 is 28.3 Å². The molecule has 202 valence electrons. The number of hydrogen-bond acceptors (Lipinski definition) is 10. The number of nitro benzene ring substituents is 1. The molecule has 0 fully saturated rings. The number of furan rings is 1. The molecule has 2 heterocycles. The quantitative estimate of drug-likeness (QED) is 0.104. The van der Waals surface area contributed by atoms with Crippen LogP contribution in [0.2, 0.25) is 0 Å². The third kappa shape index (κ3) is 5.14. The van der Waals surface area contributed by atoms with Crippen molar-refractivity contribution in [3.05, 3.63) is 91.2 Å². The van der Waals surface area contributed by atoms with Gasteiger partial charge in [0.25, 0.3) is 5.56 Å². The van der Waals surface area contributed by atoms with Crippen molar-refractivity contribution in [1.29, 1.82) is 0 Å². The third-order valence-electron chi connectivity index (χ3n) is 5.81. The number of nitrogens with zero attached hydrogens (tertiary/aromatic N) is 4. The van der Waals surface area contributed by atoms with E-state index in [4.69, 9.17) is 13.9 Å². The molecule has 0 saturated carbocycles. The molecule has 13 heteroatoms. The van der Waals surface area contributed by atoms with E-state index in [-0.39, 0.29) is 22.9 Å². The van der Waals surface area contributed by atoms with Crippen LogP contribution in [0.15, 0.2) is 79.4 Å². The number of aromatic nitrogens is 2. The summed E-state index contributed by atoms with van der Waals surface area (Å²) in [6.07, 6.45) is 1.25. The number of esters is 1. The number of carbonyl (C=O) groups excluding carboxylic acids is 1. The highest BCUT2D eigenvalue weighted by Crippen LogP contribution is 2.38. The maximum Gasteiger partial charge on any atom is 0.343 e. The molecule has 5 rings (SSSR count). The van der Waals surface area contributed by atoms with Crippen LogP contribution in [0.4, 0.5) is 5.69 Å². The van der Waals surface area contributed by atoms with E-state index in [1.165, 1.54) is 32.6 Å². The van der Waals surface area contributed by atoms with E-state index in [2.05, 4.69) is 30.8 Å². The average molecular weight is 607 g/mol. The van der Waals surface area contributed by atoms with Gasteiger partial charge in [0.2, 0.25) is 11.6 Å². The van der Waals surface area contributed by atoms with Crippen molar-refractivity contribution >= 4 is 55.7 Å². The van der Waals surface area contributed by atoms with Crippen molar-refractivity contribution in [2.75, 3.05) is 20.8 Å². The number of ether oxygens (including phenoxy) is 3. The predicted molar refractivity (Wildman–Crippen MR) is 149 cm³/mol. The molecule has 0 atom stereocenters. The maximum atomic E-state index is 13.5. The van der Waals surface area contributed by atoms with E-state index in [1.54, 1.807) is 36.4 Å². The summed E-state index contributed by atoms with van der Waals surface area (Å²) >= 11 is 3.43. The highest BCUT2D eigenvalue weighted by Gasteiger charge is 2.23. The minimum atomic E-state index is -0.726. The van der Waals surface area contributed by atoms with Gasteiger partial charge in [0.05, 0.1) is 36.3 Å². The molecule has 0 saturated heterocycles. The third-order valence-corrected chi connectivity index (χ3v) is 6.30. The summed E-state index contributed by atoms with van der Waals surface area (Å²) in [6.45, 7) is -0.559. The summed E-state index contributed by atoms with van der Waals surface area (Å²) in [5, 5.41) is 17.2. The van der Waals surface area contributed by atoms with Crippen LogP contribution in [0, 0.1) is 10.1 Å². The zero-order valence-electron chi connectivity index (χ0n) is 21.0. The normalized spacial score (nSPS) is 11.3.